The van der Waals surface area contributed by atoms with Gasteiger partial charge in [0.05, 0.1) is 11.5 Å². The molecule has 0 aromatic carbocycles. The molecule has 8 heteroatoms. The molecule has 0 radical (unpaired) electrons. The van der Waals surface area contributed by atoms with Crippen LogP contribution in [0.1, 0.15) is 26.7 Å². The first-order valence-corrected chi connectivity index (χ1v) is 5.69. The molecular weight excluding hydrogens is 238 g/mol. The molecule has 0 saturated heterocycles. The summed E-state index contributed by atoms with van der Waals surface area (Å²) in [6.07, 6.45) is 3.09. The number of nitrogens with two attached hydrogens (primary N) is 1. The monoisotopic (exact) mass is 255 g/mol. The molecule has 0 fully saturated rings. The number of nitro groups is 1. The second kappa shape index (κ2) is 6.70. The molecule has 1 rings (SSSR count). The summed E-state index contributed by atoms with van der Waals surface area (Å²) in [5.41, 5.74) is 1.96. The Kier molecular flexibility index (Phi) is 5.25. The van der Waals surface area contributed by atoms with Crippen LogP contribution in [0.5, 0.6) is 5.88 Å². The van der Waals surface area contributed by atoms with Crippen LogP contribution in [0.25, 0.3) is 0 Å². The van der Waals surface area contributed by atoms with E-state index in [0.717, 1.165) is 19.0 Å². The van der Waals surface area contributed by atoms with E-state index in [9.17, 15) is 10.1 Å². The van der Waals surface area contributed by atoms with Gasteiger partial charge < -0.3 is 4.74 Å². The minimum atomic E-state index is -0.583. The molecule has 1 unspecified atom stereocenters. The van der Waals surface area contributed by atoms with Crippen LogP contribution < -0.4 is 16.0 Å². The molecule has 1 heterocycles. The van der Waals surface area contributed by atoms with Gasteiger partial charge in [-0.25, -0.2) is 10.8 Å². The fraction of sp³-hybridized carbons (Fsp3) is 0.600. The Morgan fingerprint density at radius 1 is 1.67 bits per heavy atom. The summed E-state index contributed by atoms with van der Waals surface area (Å²) >= 11 is 0. The number of nitrogen functional groups attached to an aromatic ring is 1. The van der Waals surface area contributed by atoms with Crippen molar-refractivity contribution in [2.75, 3.05) is 12.0 Å². The van der Waals surface area contributed by atoms with Gasteiger partial charge in [0.15, 0.2) is 0 Å². The van der Waals surface area contributed by atoms with E-state index < -0.39 is 4.92 Å². The molecule has 1 aromatic rings. The Labute approximate surface area is 105 Å². The maximum atomic E-state index is 10.8. The third-order valence-corrected chi connectivity index (χ3v) is 2.35. The van der Waals surface area contributed by atoms with Crippen molar-refractivity contribution in [1.82, 2.24) is 9.97 Å². The van der Waals surface area contributed by atoms with Crippen molar-refractivity contribution in [2.24, 2.45) is 11.8 Å². The standard InChI is InChI=1S/C10H17N5O3/c1-3-4-7(2)6-18-9-8(15(16)17)5-12-10(13-9)14-11/h5,7H,3-4,6,11H2,1-2H3,(H,12,13,14). The number of nitrogens with zero attached hydrogens (tertiary/aromatic N) is 3. The van der Waals surface area contributed by atoms with Crippen LogP contribution in [0.15, 0.2) is 6.20 Å². The molecule has 1 atom stereocenters. The van der Waals surface area contributed by atoms with Crippen LogP contribution in [-0.4, -0.2) is 21.5 Å². The average molecular weight is 255 g/mol. The fourth-order valence-electron chi connectivity index (χ4n) is 1.46. The van der Waals surface area contributed by atoms with Crippen molar-refractivity contribution in [3.05, 3.63) is 16.3 Å². The highest BCUT2D eigenvalue weighted by atomic mass is 16.6. The summed E-state index contributed by atoms with van der Waals surface area (Å²) in [7, 11) is 0. The van der Waals surface area contributed by atoms with Crippen molar-refractivity contribution < 1.29 is 9.66 Å². The highest BCUT2D eigenvalue weighted by Crippen LogP contribution is 2.24. The van der Waals surface area contributed by atoms with Gasteiger partial charge in [-0.2, -0.15) is 4.98 Å². The molecule has 0 aliphatic carbocycles. The molecule has 1 aromatic heterocycles. The molecule has 3 N–H and O–H groups in total. The third kappa shape index (κ3) is 3.81. The number of aromatic nitrogens is 2. The minimum Gasteiger partial charge on any atom is -0.472 e. The number of ether oxygens (including phenoxy) is 1. The highest BCUT2D eigenvalue weighted by Gasteiger charge is 2.19. The number of hydrazine groups is 1. The van der Waals surface area contributed by atoms with Crippen LogP contribution in [0.2, 0.25) is 0 Å². The Balaban J connectivity index is 2.80. The lowest BCUT2D eigenvalue weighted by molar-refractivity contribution is -0.386. The lowest BCUT2D eigenvalue weighted by atomic mass is 10.1. The maximum absolute atomic E-state index is 10.8. The summed E-state index contributed by atoms with van der Waals surface area (Å²) in [6, 6.07) is 0. The Bertz CT molecular complexity index is 412. The number of hydrogen-bond acceptors (Lipinski definition) is 7. The summed E-state index contributed by atoms with van der Waals surface area (Å²) in [4.78, 5) is 17.7. The van der Waals surface area contributed by atoms with E-state index in [1.807, 2.05) is 6.92 Å². The van der Waals surface area contributed by atoms with E-state index in [2.05, 4.69) is 22.3 Å². The molecule has 0 amide bonds. The molecule has 0 spiro atoms. The molecule has 18 heavy (non-hydrogen) atoms. The molecule has 0 saturated carbocycles. The van der Waals surface area contributed by atoms with Gasteiger partial charge in [-0.15, -0.1) is 0 Å². The number of hydrogen-bond donors (Lipinski definition) is 2. The lowest BCUT2D eigenvalue weighted by Gasteiger charge is -2.11. The topological polar surface area (TPSA) is 116 Å². The Hall–Kier alpha value is -1.96. The van der Waals surface area contributed by atoms with Crippen molar-refractivity contribution in [3.63, 3.8) is 0 Å². The van der Waals surface area contributed by atoms with Gasteiger partial charge in [-0.05, 0) is 12.3 Å². The summed E-state index contributed by atoms with van der Waals surface area (Å²) in [6.45, 7) is 4.45. The van der Waals surface area contributed by atoms with Crippen molar-refractivity contribution in [2.45, 2.75) is 26.7 Å². The van der Waals surface area contributed by atoms with Crippen LogP contribution in [0.4, 0.5) is 11.6 Å². The molecular formula is C10H17N5O3. The largest absolute Gasteiger partial charge is 0.472 e. The minimum absolute atomic E-state index is 0.0640. The molecule has 0 aliphatic heterocycles. The van der Waals surface area contributed by atoms with Crippen molar-refractivity contribution >= 4 is 11.6 Å². The zero-order valence-corrected chi connectivity index (χ0v) is 10.4. The van der Waals surface area contributed by atoms with E-state index in [4.69, 9.17) is 10.6 Å². The second-order valence-electron chi connectivity index (χ2n) is 3.99. The number of nitrogens with one attached hydrogen (secondary N) is 1. The summed E-state index contributed by atoms with van der Waals surface area (Å²) < 4.78 is 5.37. The van der Waals surface area contributed by atoms with Gasteiger partial charge in [0.1, 0.15) is 6.20 Å². The van der Waals surface area contributed by atoms with Gasteiger partial charge in [0.2, 0.25) is 5.95 Å². The first kappa shape index (κ1) is 14.1. The fourth-order valence-corrected chi connectivity index (χ4v) is 1.46. The van der Waals surface area contributed by atoms with E-state index in [0.29, 0.717) is 12.5 Å². The zero-order chi connectivity index (χ0) is 13.5. The summed E-state index contributed by atoms with van der Waals surface area (Å²) in [5, 5.41) is 10.8. The second-order valence-corrected chi connectivity index (χ2v) is 3.99. The summed E-state index contributed by atoms with van der Waals surface area (Å²) in [5.74, 6) is 5.47. The predicted molar refractivity (Wildman–Crippen MR) is 66.1 cm³/mol. The third-order valence-electron chi connectivity index (χ3n) is 2.35. The van der Waals surface area contributed by atoms with Gasteiger partial charge in [0, 0.05) is 0 Å². The lowest BCUT2D eigenvalue weighted by Crippen LogP contribution is -2.14. The highest BCUT2D eigenvalue weighted by molar-refractivity contribution is 5.42. The van der Waals surface area contributed by atoms with Crippen molar-refractivity contribution in [1.29, 1.82) is 0 Å². The van der Waals surface area contributed by atoms with Gasteiger partial charge >= 0.3 is 5.69 Å². The van der Waals surface area contributed by atoms with E-state index in [-0.39, 0.29) is 17.5 Å². The SMILES string of the molecule is CCCC(C)COc1nc(NN)ncc1[N+](=O)[O-]. The molecule has 0 aliphatic rings. The number of rotatable bonds is 7. The van der Waals surface area contributed by atoms with Gasteiger partial charge in [-0.3, -0.25) is 15.5 Å². The van der Waals surface area contributed by atoms with Crippen LogP contribution in [0, 0.1) is 16.0 Å². The normalized spacial score (nSPS) is 11.9. The van der Waals surface area contributed by atoms with Crippen molar-refractivity contribution in [3.8, 4) is 5.88 Å². The van der Waals surface area contributed by atoms with E-state index in [1.54, 1.807) is 0 Å². The molecule has 0 bridgehead atoms. The van der Waals surface area contributed by atoms with Gasteiger partial charge in [0.25, 0.3) is 5.88 Å². The maximum Gasteiger partial charge on any atom is 0.349 e. The molecule has 100 valence electrons. The molecule has 8 nitrogen and oxygen atoms in total. The Morgan fingerprint density at radius 2 is 2.39 bits per heavy atom. The van der Waals surface area contributed by atoms with Crippen LogP contribution in [-0.2, 0) is 0 Å². The Morgan fingerprint density at radius 3 is 2.94 bits per heavy atom. The first-order chi connectivity index (χ1) is 8.58. The van der Waals surface area contributed by atoms with Gasteiger partial charge in [-0.1, -0.05) is 20.3 Å². The smallest absolute Gasteiger partial charge is 0.349 e. The average Bonchev–Trinajstić information content (AvgIpc) is 2.36. The number of anilines is 1. The quantitative estimate of drug-likeness (QED) is 0.430. The first-order valence-electron chi connectivity index (χ1n) is 5.69. The zero-order valence-electron chi connectivity index (χ0n) is 10.4. The van der Waals surface area contributed by atoms with Crippen LogP contribution >= 0.6 is 0 Å². The van der Waals surface area contributed by atoms with E-state index in [1.165, 1.54) is 0 Å². The van der Waals surface area contributed by atoms with Crippen LogP contribution in [0.3, 0.4) is 0 Å². The van der Waals surface area contributed by atoms with E-state index >= 15 is 0 Å². The predicted octanol–water partition coefficient (Wildman–Crippen LogP) is 1.49.